The molecule has 3 aromatic rings. The summed E-state index contributed by atoms with van der Waals surface area (Å²) in [6.45, 7) is 3.18. The van der Waals surface area contributed by atoms with E-state index in [1.54, 1.807) is 31.4 Å². The van der Waals surface area contributed by atoms with Crippen LogP contribution in [0.2, 0.25) is 0 Å². The van der Waals surface area contributed by atoms with Crippen LogP contribution in [0.3, 0.4) is 0 Å². The van der Waals surface area contributed by atoms with E-state index in [9.17, 15) is 19.8 Å². The molecule has 174 valence electrons. The highest BCUT2D eigenvalue weighted by Gasteiger charge is 2.24. The molecule has 0 atom stereocenters. The Balaban J connectivity index is 2.37. The van der Waals surface area contributed by atoms with Gasteiger partial charge in [-0.3, -0.25) is 9.59 Å². The number of phenolic OH excluding ortho intramolecular Hbond substituents is 1. The molecule has 0 spiro atoms. The summed E-state index contributed by atoms with van der Waals surface area (Å²) in [6.07, 6.45) is 2.86. The highest BCUT2D eigenvalue weighted by Crippen LogP contribution is 2.39. The van der Waals surface area contributed by atoms with Crippen LogP contribution in [0.15, 0.2) is 51.2 Å². The minimum atomic E-state index is -0.589. The summed E-state index contributed by atoms with van der Waals surface area (Å²) in [6, 6.07) is 8.12. The van der Waals surface area contributed by atoms with Crippen LogP contribution in [-0.2, 0) is 11.2 Å². The summed E-state index contributed by atoms with van der Waals surface area (Å²) in [5.41, 5.74) is 1.60. The minimum Gasteiger partial charge on any atom is -0.507 e. The maximum absolute atomic E-state index is 13.4. The molecular weight excluding hydrogens is 428 g/mol. The van der Waals surface area contributed by atoms with E-state index in [4.69, 9.17) is 18.6 Å². The molecule has 0 fully saturated rings. The first-order valence-corrected chi connectivity index (χ1v) is 10.3. The number of aliphatic hydroxyl groups is 1. The van der Waals surface area contributed by atoms with Gasteiger partial charge in [-0.25, -0.2) is 0 Å². The van der Waals surface area contributed by atoms with Gasteiger partial charge in [0.25, 0.3) is 0 Å². The molecule has 0 aliphatic carbocycles. The van der Waals surface area contributed by atoms with E-state index in [1.165, 1.54) is 6.07 Å². The van der Waals surface area contributed by atoms with Crippen LogP contribution in [-0.4, -0.2) is 43.4 Å². The number of benzene rings is 2. The van der Waals surface area contributed by atoms with Crippen molar-refractivity contribution in [1.82, 2.24) is 0 Å². The quantitative estimate of drug-likeness (QED) is 0.352. The van der Waals surface area contributed by atoms with E-state index in [0.717, 1.165) is 5.57 Å². The number of aliphatic hydroxyl groups excluding tert-OH is 1. The van der Waals surface area contributed by atoms with Crippen LogP contribution in [0.5, 0.6) is 23.0 Å². The number of rotatable bonds is 10. The summed E-state index contributed by atoms with van der Waals surface area (Å²) in [4.78, 5) is 24.3. The third-order valence-electron chi connectivity index (χ3n) is 4.88. The second kappa shape index (κ2) is 10.7. The molecule has 0 bridgehead atoms. The molecule has 0 amide bonds. The highest BCUT2D eigenvalue weighted by atomic mass is 16.5. The van der Waals surface area contributed by atoms with Crippen LogP contribution in [0.4, 0.5) is 0 Å². The smallest absolute Gasteiger partial charge is 0.239 e. The van der Waals surface area contributed by atoms with Gasteiger partial charge in [0.15, 0.2) is 12.0 Å². The van der Waals surface area contributed by atoms with Crippen molar-refractivity contribution in [1.29, 1.82) is 0 Å². The topological polar surface area (TPSA) is 115 Å². The van der Waals surface area contributed by atoms with Crippen LogP contribution in [0.25, 0.3) is 22.3 Å². The Bertz CT molecular complexity index is 1220. The van der Waals surface area contributed by atoms with Gasteiger partial charge in [0.1, 0.15) is 41.4 Å². The largest absolute Gasteiger partial charge is 0.507 e. The number of fused-ring (bicyclic) bond motifs is 1. The molecule has 0 saturated heterocycles. The molecule has 2 N–H and O–H groups in total. The molecule has 2 aromatic carbocycles. The minimum absolute atomic E-state index is 0.0733. The zero-order chi connectivity index (χ0) is 24.0. The van der Waals surface area contributed by atoms with Gasteiger partial charge in [0, 0.05) is 17.2 Å². The van der Waals surface area contributed by atoms with Gasteiger partial charge in [0.2, 0.25) is 11.2 Å². The standard InChI is InChI=1S/C25H26O8/c1-15(2)4-9-18-20(31-12-10-26)14-19(28)21-22(29)25(32-13-11-27)23(33-24(18)21)16-5-7-17(30-3)8-6-16/h4-8,10,14,27-28H,9,11-13H2,1-3H3. The van der Waals surface area contributed by atoms with Crippen molar-refractivity contribution >= 4 is 17.3 Å². The summed E-state index contributed by atoms with van der Waals surface area (Å²) in [5.74, 6) is 0.486. The van der Waals surface area contributed by atoms with E-state index in [-0.39, 0.29) is 53.8 Å². The first-order valence-electron chi connectivity index (χ1n) is 10.3. The molecule has 33 heavy (non-hydrogen) atoms. The van der Waals surface area contributed by atoms with E-state index < -0.39 is 5.43 Å². The van der Waals surface area contributed by atoms with Gasteiger partial charge in [-0.15, -0.1) is 0 Å². The monoisotopic (exact) mass is 454 g/mol. The highest BCUT2D eigenvalue weighted by molar-refractivity contribution is 5.91. The number of methoxy groups -OCH3 is 1. The van der Waals surface area contributed by atoms with Crippen molar-refractivity contribution in [3.05, 3.63) is 57.8 Å². The lowest BCUT2D eigenvalue weighted by molar-refractivity contribution is -0.109. The van der Waals surface area contributed by atoms with Gasteiger partial charge >= 0.3 is 0 Å². The van der Waals surface area contributed by atoms with Crippen molar-refractivity contribution < 1.29 is 33.6 Å². The zero-order valence-corrected chi connectivity index (χ0v) is 18.7. The Hall–Kier alpha value is -3.78. The van der Waals surface area contributed by atoms with Crippen molar-refractivity contribution in [2.24, 2.45) is 0 Å². The number of ether oxygens (including phenoxy) is 3. The van der Waals surface area contributed by atoms with Crippen molar-refractivity contribution in [2.75, 3.05) is 26.9 Å². The SMILES string of the molecule is COc1ccc(-c2oc3c(CC=C(C)C)c(OCC=O)cc(O)c3c(=O)c2OCCO)cc1. The number of allylic oxidation sites excluding steroid dienone is 2. The summed E-state index contributed by atoms with van der Waals surface area (Å²) in [7, 11) is 1.54. The lowest BCUT2D eigenvalue weighted by atomic mass is 10.0. The molecule has 0 radical (unpaired) electrons. The summed E-state index contributed by atoms with van der Waals surface area (Å²) < 4.78 is 22.4. The fourth-order valence-electron chi connectivity index (χ4n) is 3.32. The molecule has 0 saturated carbocycles. The molecule has 8 heteroatoms. The van der Waals surface area contributed by atoms with Gasteiger partial charge < -0.3 is 28.8 Å². The predicted octanol–water partition coefficient (Wildman–Crippen LogP) is 3.63. The van der Waals surface area contributed by atoms with Crippen molar-refractivity contribution in [3.63, 3.8) is 0 Å². The Morgan fingerprint density at radius 2 is 1.88 bits per heavy atom. The normalized spacial score (nSPS) is 10.7. The zero-order valence-electron chi connectivity index (χ0n) is 18.7. The second-order valence-corrected chi connectivity index (χ2v) is 7.43. The fraction of sp³-hybridized carbons (Fsp3) is 0.280. The average Bonchev–Trinajstić information content (AvgIpc) is 2.81. The molecule has 1 aromatic heterocycles. The van der Waals surface area contributed by atoms with E-state index in [1.807, 2.05) is 19.9 Å². The average molecular weight is 454 g/mol. The Labute approximate surface area is 190 Å². The van der Waals surface area contributed by atoms with Crippen molar-refractivity contribution in [2.45, 2.75) is 20.3 Å². The first kappa shape index (κ1) is 23.9. The lowest BCUT2D eigenvalue weighted by Gasteiger charge is -2.16. The van der Waals surface area contributed by atoms with Crippen molar-refractivity contribution in [3.8, 4) is 34.3 Å². The number of hydrogen-bond donors (Lipinski definition) is 2. The van der Waals surface area contributed by atoms with E-state index in [0.29, 0.717) is 29.6 Å². The molecule has 0 aliphatic rings. The number of aldehydes is 1. The Morgan fingerprint density at radius 3 is 2.48 bits per heavy atom. The molecule has 0 unspecified atom stereocenters. The lowest BCUT2D eigenvalue weighted by Crippen LogP contribution is -2.14. The Kier molecular flexibility index (Phi) is 7.74. The number of phenols is 1. The van der Waals surface area contributed by atoms with Crippen LogP contribution < -0.4 is 19.6 Å². The molecule has 0 aliphatic heterocycles. The summed E-state index contributed by atoms with van der Waals surface area (Å²) in [5, 5.41) is 19.8. The molecular formula is C25H26O8. The van der Waals surface area contributed by atoms with E-state index >= 15 is 0 Å². The van der Waals surface area contributed by atoms with E-state index in [2.05, 4.69) is 0 Å². The maximum atomic E-state index is 13.4. The Morgan fingerprint density at radius 1 is 1.15 bits per heavy atom. The van der Waals surface area contributed by atoms with Gasteiger partial charge in [-0.1, -0.05) is 11.6 Å². The summed E-state index contributed by atoms with van der Waals surface area (Å²) >= 11 is 0. The fourth-order valence-corrected chi connectivity index (χ4v) is 3.32. The number of carbonyl (C=O) groups excluding carboxylic acids is 1. The van der Waals surface area contributed by atoms with Crippen LogP contribution >= 0.6 is 0 Å². The molecule has 3 rings (SSSR count). The van der Waals surface area contributed by atoms with Gasteiger partial charge in [-0.2, -0.15) is 0 Å². The van der Waals surface area contributed by atoms with Gasteiger partial charge in [0.05, 0.1) is 13.7 Å². The first-order chi connectivity index (χ1) is 15.9. The van der Waals surface area contributed by atoms with Crippen LogP contribution in [0.1, 0.15) is 19.4 Å². The third-order valence-corrected chi connectivity index (χ3v) is 4.88. The number of carbonyl (C=O) groups is 1. The number of aromatic hydroxyl groups is 1. The molecule has 1 heterocycles. The van der Waals surface area contributed by atoms with Crippen LogP contribution in [0, 0.1) is 0 Å². The predicted molar refractivity (Wildman–Crippen MR) is 123 cm³/mol. The molecule has 8 nitrogen and oxygen atoms in total. The third kappa shape index (κ3) is 5.18. The van der Waals surface area contributed by atoms with Gasteiger partial charge in [-0.05, 0) is 44.5 Å². The number of hydrogen-bond acceptors (Lipinski definition) is 8. The maximum Gasteiger partial charge on any atom is 0.239 e. The second-order valence-electron chi connectivity index (χ2n) is 7.43.